The van der Waals surface area contributed by atoms with Crippen LogP contribution in [-0.4, -0.2) is 25.1 Å². The third-order valence-electron chi connectivity index (χ3n) is 3.08. The van der Waals surface area contributed by atoms with Gasteiger partial charge in [0.15, 0.2) is 0 Å². The average Bonchev–Trinajstić information content (AvgIpc) is 2.37. The molecule has 1 aromatic carbocycles. The van der Waals surface area contributed by atoms with Crippen molar-refractivity contribution < 1.29 is 9.53 Å². The summed E-state index contributed by atoms with van der Waals surface area (Å²) in [7, 11) is 1.56. The minimum Gasteiger partial charge on any atom is -0.496 e. The zero-order chi connectivity index (χ0) is 14.5. The van der Waals surface area contributed by atoms with Crippen LogP contribution in [0.1, 0.15) is 37.6 Å². The summed E-state index contributed by atoms with van der Waals surface area (Å²) in [4.78, 5) is 12.3. The summed E-state index contributed by atoms with van der Waals surface area (Å²) in [6.07, 6.45) is 0.838. The maximum absolute atomic E-state index is 12.3. The molecule has 1 rings (SSSR count). The SMILES string of the molecule is COc1ccccc1C(=O)NC(C)(CN)CC(C)C. The van der Waals surface area contributed by atoms with Crippen LogP contribution in [-0.2, 0) is 0 Å². The fraction of sp³-hybridized carbons (Fsp3) is 0.533. The van der Waals surface area contributed by atoms with E-state index in [1.807, 2.05) is 19.1 Å². The van der Waals surface area contributed by atoms with Gasteiger partial charge in [-0.3, -0.25) is 4.79 Å². The third kappa shape index (κ3) is 4.24. The molecule has 19 heavy (non-hydrogen) atoms. The van der Waals surface area contributed by atoms with Crippen molar-refractivity contribution in [2.75, 3.05) is 13.7 Å². The van der Waals surface area contributed by atoms with Gasteiger partial charge in [-0.15, -0.1) is 0 Å². The summed E-state index contributed by atoms with van der Waals surface area (Å²) in [6, 6.07) is 7.18. The van der Waals surface area contributed by atoms with Crippen LogP contribution in [0, 0.1) is 5.92 Å². The zero-order valence-corrected chi connectivity index (χ0v) is 12.2. The van der Waals surface area contributed by atoms with Crippen LogP contribution in [0.15, 0.2) is 24.3 Å². The number of carbonyl (C=O) groups is 1. The van der Waals surface area contributed by atoms with Gasteiger partial charge in [0, 0.05) is 12.1 Å². The van der Waals surface area contributed by atoms with Gasteiger partial charge in [-0.25, -0.2) is 0 Å². The molecule has 0 radical (unpaired) electrons. The quantitative estimate of drug-likeness (QED) is 0.827. The molecule has 0 aliphatic heterocycles. The van der Waals surface area contributed by atoms with Gasteiger partial charge in [0.25, 0.3) is 5.91 Å². The Morgan fingerprint density at radius 1 is 1.42 bits per heavy atom. The largest absolute Gasteiger partial charge is 0.496 e. The number of para-hydroxylation sites is 1. The minimum atomic E-state index is -0.397. The lowest BCUT2D eigenvalue weighted by Gasteiger charge is -2.31. The third-order valence-corrected chi connectivity index (χ3v) is 3.08. The second-order valence-corrected chi connectivity index (χ2v) is 5.52. The fourth-order valence-electron chi connectivity index (χ4n) is 2.26. The van der Waals surface area contributed by atoms with Gasteiger partial charge >= 0.3 is 0 Å². The predicted octanol–water partition coefficient (Wildman–Crippen LogP) is 2.19. The summed E-state index contributed by atoms with van der Waals surface area (Å²) in [5.41, 5.74) is 5.95. The van der Waals surface area contributed by atoms with Crippen LogP contribution in [0.3, 0.4) is 0 Å². The first-order chi connectivity index (χ1) is 8.91. The zero-order valence-electron chi connectivity index (χ0n) is 12.2. The molecule has 4 heteroatoms. The van der Waals surface area contributed by atoms with E-state index in [2.05, 4.69) is 19.2 Å². The van der Waals surface area contributed by atoms with Crippen LogP contribution in [0.4, 0.5) is 0 Å². The fourth-order valence-corrected chi connectivity index (χ4v) is 2.26. The second kappa shape index (κ2) is 6.57. The minimum absolute atomic E-state index is 0.147. The van der Waals surface area contributed by atoms with Gasteiger partial charge in [-0.2, -0.15) is 0 Å². The summed E-state index contributed by atoms with van der Waals surface area (Å²) in [6.45, 7) is 6.61. The highest BCUT2D eigenvalue weighted by Gasteiger charge is 2.27. The van der Waals surface area contributed by atoms with E-state index in [0.717, 1.165) is 6.42 Å². The van der Waals surface area contributed by atoms with Gasteiger partial charge in [-0.05, 0) is 31.4 Å². The summed E-state index contributed by atoms with van der Waals surface area (Å²) in [5.74, 6) is 0.890. The normalized spacial score (nSPS) is 14.0. The first-order valence-corrected chi connectivity index (χ1v) is 6.57. The molecular formula is C15H24N2O2. The highest BCUT2D eigenvalue weighted by Crippen LogP contribution is 2.20. The molecule has 1 amide bonds. The molecule has 1 aromatic rings. The number of carbonyl (C=O) groups excluding carboxylic acids is 1. The Labute approximate surface area is 115 Å². The molecule has 1 unspecified atom stereocenters. The predicted molar refractivity (Wildman–Crippen MR) is 77.4 cm³/mol. The Bertz CT molecular complexity index is 432. The van der Waals surface area contributed by atoms with Crippen molar-refractivity contribution in [3.05, 3.63) is 29.8 Å². The van der Waals surface area contributed by atoms with Gasteiger partial charge in [-0.1, -0.05) is 26.0 Å². The monoisotopic (exact) mass is 264 g/mol. The van der Waals surface area contributed by atoms with Gasteiger partial charge < -0.3 is 15.8 Å². The molecule has 0 aliphatic carbocycles. The number of ether oxygens (including phenoxy) is 1. The molecule has 106 valence electrons. The second-order valence-electron chi connectivity index (χ2n) is 5.52. The number of nitrogens with two attached hydrogens (primary N) is 1. The molecule has 0 heterocycles. The number of rotatable bonds is 6. The molecule has 4 nitrogen and oxygen atoms in total. The van der Waals surface area contributed by atoms with E-state index < -0.39 is 5.54 Å². The number of benzene rings is 1. The van der Waals surface area contributed by atoms with Gasteiger partial charge in [0.05, 0.1) is 12.7 Å². The maximum atomic E-state index is 12.3. The van der Waals surface area contributed by atoms with Crippen LogP contribution in [0.5, 0.6) is 5.75 Å². The van der Waals surface area contributed by atoms with Crippen molar-refractivity contribution >= 4 is 5.91 Å². The van der Waals surface area contributed by atoms with E-state index >= 15 is 0 Å². The molecule has 0 saturated heterocycles. The summed E-state index contributed by atoms with van der Waals surface area (Å²) >= 11 is 0. The average molecular weight is 264 g/mol. The van der Waals surface area contributed by atoms with E-state index in [1.165, 1.54) is 0 Å². The van der Waals surface area contributed by atoms with Crippen molar-refractivity contribution in [2.24, 2.45) is 11.7 Å². The molecule has 0 fully saturated rings. The lowest BCUT2D eigenvalue weighted by atomic mass is 9.90. The van der Waals surface area contributed by atoms with E-state index in [0.29, 0.717) is 23.8 Å². The van der Waals surface area contributed by atoms with Crippen molar-refractivity contribution in [3.8, 4) is 5.75 Å². The highest BCUT2D eigenvalue weighted by atomic mass is 16.5. The van der Waals surface area contributed by atoms with Crippen molar-refractivity contribution in [3.63, 3.8) is 0 Å². The summed E-state index contributed by atoms with van der Waals surface area (Å²) < 4.78 is 5.20. The van der Waals surface area contributed by atoms with Crippen LogP contribution < -0.4 is 15.8 Å². The Hall–Kier alpha value is -1.55. The van der Waals surface area contributed by atoms with Gasteiger partial charge in [0.2, 0.25) is 0 Å². The molecule has 0 spiro atoms. The number of methoxy groups -OCH3 is 1. The molecule has 1 atom stereocenters. The number of hydrogen-bond acceptors (Lipinski definition) is 3. The van der Waals surface area contributed by atoms with E-state index in [4.69, 9.17) is 10.5 Å². The Morgan fingerprint density at radius 3 is 2.58 bits per heavy atom. The molecule has 0 bridgehead atoms. The topological polar surface area (TPSA) is 64.3 Å². The Balaban J connectivity index is 2.88. The van der Waals surface area contributed by atoms with E-state index in [-0.39, 0.29) is 5.91 Å². The first-order valence-electron chi connectivity index (χ1n) is 6.57. The maximum Gasteiger partial charge on any atom is 0.255 e. The van der Waals surface area contributed by atoms with Crippen LogP contribution in [0.2, 0.25) is 0 Å². The van der Waals surface area contributed by atoms with Crippen molar-refractivity contribution in [1.29, 1.82) is 0 Å². The summed E-state index contributed by atoms with van der Waals surface area (Å²) in [5, 5.41) is 3.02. The molecule has 0 saturated carbocycles. The Morgan fingerprint density at radius 2 is 2.05 bits per heavy atom. The highest BCUT2D eigenvalue weighted by molar-refractivity contribution is 5.97. The lowest BCUT2D eigenvalue weighted by molar-refractivity contribution is 0.0895. The smallest absolute Gasteiger partial charge is 0.255 e. The molecular weight excluding hydrogens is 240 g/mol. The Kier molecular flexibility index (Phi) is 5.36. The van der Waals surface area contributed by atoms with Crippen LogP contribution in [0.25, 0.3) is 0 Å². The van der Waals surface area contributed by atoms with Crippen molar-refractivity contribution in [2.45, 2.75) is 32.7 Å². The van der Waals surface area contributed by atoms with Crippen molar-refractivity contribution in [1.82, 2.24) is 5.32 Å². The van der Waals surface area contributed by atoms with Crippen LogP contribution >= 0.6 is 0 Å². The van der Waals surface area contributed by atoms with E-state index in [9.17, 15) is 4.79 Å². The first kappa shape index (κ1) is 15.5. The lowest BCUT2D eigenvalue weighted by Crippen LogP contribution is -2.52. The number of hydrogen-bond donors (Lipinski definition) is 2. The number of nitrogens with one attached hydrogen (secondary N) is 1. The number of amides is 1. The molecule has 0 aliphatic rings. The standard InChI is InChI=1S/C15H24N2O2/c1-11(2)9-15(3,10-16)17-14(18)12-7-5-6-8-13(12)19-4/h5-8,11H,9-10,16H2,1-4H3,(H,17,18). The van der Waals surface area contributed by atoms with E-state index in [1.54, 1.807) is 19.2 Å². The van der Waals surface area contributed by atoms with Gasteiger partial charge in [0.1, 0.15) is 5.75 Å². The molecule has 0 aromatic heterocycles. The molecule has 3 N–H and O–H groups in total.